The zero-order chi connectivity index (χ0) is 19.2. The number of carbonyl (C=O) groups is 1. The zero-order valence-corrected chi connectivity index (χ0v) is 15.8. The average molecular weight is 377 g/mol. The first kappa shape index (κ1) is 19.6. The van der Waals surface area contributed by atoms with Crippen molar-refractivity contribution in [3.63, 3.8) is 0 Å². The van der Waals surface area contributed by atoms with Crippen molar-refractivity contribution >= 4 is 23.7 Å². The smallest absolute Gasteiger partial charge is 0.283 e. The number of ether oxygens (including phenoxy) is 3. The number of nitrogens with one attached hydrogen (secondary N) is 1. The normalized spacial score (nSPS) is 11.3. The molecule has 0 saturated carbocycles. The molecular formula is C19H21ClN2O4. The molecule has 0 spiro atoms. The molecule has 0 heterocycles. The fourth-order valence-corrected chi connectivity index (χ4v) is 2.20. The quantitative estimate of drug-likeness (QED) is 0.591. The second-order valence-corrected chi connectivity index (χ2v) is 6.32. The molecule has 2 aromatic rings. The lowest BCUT2D eigenvalue weighted by Gasteiger charge is -2.24. The van der Waals surface area contributed by atoms with Gasteiger partial charge >= 0.3 is 0 Å². The molecule has 6 nitrogen and oxygen atoms in total. The second kappa shape index (κ2) is 8.58. The van der Waals surface area contributed by atoms with Crippen LogP contribution in [0.15, 0.2) is 47.6 Å². The van der Waals surface area contributed by atoms with Crippen LogP contribution in [0.25, 0.3) is 0 Å². The van der Waals surface area contributed by atoms with E-state index in [1.54, 1.807) is 70.5 Å². The number of halogens is 1. The van der Waals surface area contributed by atoms with Crippen LogP contribution in [0.2, 0.25) is 5.02 Å². The van der Waals surface area contributed by atoms with E-state index in [-0.39, 0.29) is 5.91 Å². The molecule has 0 fully saturated rings. The van der Waals surface area contributed by atoms with Gasteiger partial charge in [-0.2, -0.15) is 5.10 Å². The third-order valence-corrected chi connectivity index (χ3v) is 3.77. The van der Waals surface area contributed by atoms with Crippen LogP contribution in [0.1, 0.15) is 19.4 Å². The minimum absolute atomic E-state index is 0.385. The van der Waals surface area contributed by atoms with Crippen LogP contribution in [-0.2, 0) is 4.79 Å². The van der Waals surface area contributed by atoms with Crippen molar-refractivity contribution in [3.8, 4) is 17.2 Å². The van der Waals surface area contributed by atoms with E-state index >= 15 is 0 Å². The Kier molecular flexibility index (Phi) is 6.46. The van der Waals surface area contributed by atoms with Crippen LogP contribution in [0, 0.1) is 0 Å². The molecule has 0 radical (unpaired) electrons. The van der Waals surface area contributed by atoms with Gasteiger partial charge in [-0.25, -0.2) is 5.43 Å². The molecule has 0 atom stereocenters. The molecule has 26 heavy (non-hydrogen) atoms. The van der Waals surface area contributed by atoms with Crippen LogP contribution >= 0.6 is 11.6 Å². The molecule has 0 aliphatic heterocycles. The van der Waals surface area contributed by atoms with E-state index in [9.17, 15) is 4.79 Å². The van der Waals surface area contributed by atoms with Crippen LogP contribution in [0.5, 0.6) is 17.2 Å². The number of hydrogen-bond donors (Lipinski definition) is 1. The third kappa shape index (κ3) is 5.13. The Hall–Kier alpha value is -2.73. The summed E-state index contributed by atoms with van der Waals surface area (Å²) in [7, 11) is 3.12. The Labute approximate surface area is 157 Å². The minimum atomic E-state index is -1.11. The van der Waals surface area contributed by atoms with E-state index in [4.69, 9.17) is 25.8 Å². The Balaban J connectivity index is 2.00. The summed E-state index contributed by atoms with van der Waals surface area (Å²) >= 11 is 5.84. The van der Waals surface area contributed by atoms with Crippen molar-refractivity contribution in [2.75, 3.05) is 14.2 Å². The van der Waals surface area contributed by atoms with Crippen LogP contribution in [0.4, 0.5) is 0 Å². The molecule has 7 heteroatoms. The van der Waals surface area contributed by atoms with E-state index < -0.39 is 5.60 Å². The number of carbonyl (C=O) groups excluding carboxylic acids is 1. The highest BCUT2D eigenvalue weighted by molar-refractivity contribution is 6.30. The molecule has 0 aromatic heterocycles. The standard InChI is InChI=1S/C19H21ClN2O4/c1-19(2,26-15-8-6-14(20)7-9-15)18(23)22-21-12-13-5-10-16(24-3)17(11-13)25-4/h5-12H,1-4H3,(H,22,23). The fourth-order valence-electron chi connectivity index (χ4n) is 2.08. The number of methoxy groups -OCH3 is 2. The van der Waals surface area contributed by atoms with Crippen molar-refractivity contribution in [1.29, 1.82) is 0 Å². The number of rotatable bonds is 7. The highest BCUT2D eigenvalue weighted by atomic mass is 35.5. The van der Waals surface area contributed by atoms with Gasteiger partial charge in [0, 0.05) is 5.02 Å². The largest absolute Gasteiger partial charge is 0.493 e. The second-order valence-electron chi connectivity index (χ2n) is 5.88. The lowest BCUT2D eigenvalue weighted by atomic mass is 10.1. The summed E-state index contributed by atoms with van der Waals surface area (Å²) in [4.78, 5) is 12.3. The Morgan fingerprint density at radius 2 is 1.73 bits per heavy atom. The number of benzene rings is 2. The summed E-state index contributed by atoms with van der Waals surface area (Å²) in [5.74, 6) is 1.35. The van der Waals surface area contributed by atoms with Gasteiger partial charge < -0.3 is 14.2 Å². The number of nitrogens with zero attached hydrogens (tertiary/aromatic N) is 1. The molecule has 0 bridgehead atoms. The monoisotopic (exact) mass is 376 g/mol. The summed E-state index contributed by atoms with van der Waals surface area (Å²) in [6, 6.07) is 12.1. The molecule has 138 valence electrons. The van der Waals surface area contributed by atoms with Gasteiger partial charge in [0.25, 0.3) is 5.91 Å². The topological polar surface area (TPSA) is 69.2 Å². The van der Waals surface area contributed by atoms with E-state index in [1.807, 2.05) is 0 Å². The molecular weight excluding hydrogens is 356 g/mol. The van der Waals surface area contributed by atoms with Gasteiger partial charge in [-0.15, -0.1) is 0 Å². The highest BCUT2D eigenvalue weighted by Gasteiger charge is 2.29. The van der Waals surface area contributed by atoms with E-state index in [0.717, 1.165) is 5.56 Å². The summed E-state index contributed by atoms with van der Waals surface area (Å²) < 4.78 is 16.1. The molecule has 1 N–H and O–H groups in total. The lowest BCUT2D eigenvalue weighted by molar-refractivity contribution is -0.134. The maximum atomic E-state index is 12.3. The zero-order valence-electron chi connectivity index (χ0n) is 15.1. The van der Waals surface area contributed by atoms with E-state index in [1.165, 1.54) is 6.21 Å². The van der Waals surface area contributed by atoms with E-state index in [0.29, 0.717) is 22.3 Å². The predicted molar refractivity (Wildman–Crippen MR) is 101 cm³/mol. The third-order valence-electron chi connectivity index (χ3n) is 3.52. The molecule has 0 saturated heterocycles. The van der Waals surface area contributed by atoms with E-state index in [2.05, 4.69) is 10.5 Å². The fraction of sp³-hybridized carbons (Fsp3) is 0.263. The van der Waals surface area contributed by atoms with Gasteiger partial charge in [-0.05, 0) is 61.9 Å². The molecule has 2 rings (SSSR count). The summed E-state index contributed by atoms with van der Waals surface area (Å²) in [5.41, 5.74) is 2.12. The number of hydrazone groups is 1. The molecule has 0 unspecified atom stereocenters. The summed E-state index contributed by atoms with van der Waals surface area (Å²) in [6.45, 7) is 3.31. The predicted octanol–water partition coefficient (Wildman–Crippen LogP) is 3.66. The van der Waals surface area contributed by atoms with Gasteiger partial charge in [0.15, 0.2) is 17.1 Å². The first-order valence-corrected chi connectivity index (χ1v) is 8.23. The Bertz CT molecular complexity index is 789. The average Bonchev–Trinajstić information content (AvgIpc) is 2.63. The highest BCUT2D eigenvalue weighted by Crippen LogP contribution is 2.27. The van der Waals surface area contributed by atoms with Crippen molar-refractivity contribution in [2.45, 2.75) is 19.4 Å². The SMILES string of the molecule is COc1ccc(C=NNC(=O)C(C)(C)Oc2ccc(Cl)cc2)cc1OC. The Morgan fingerprint density at radius 1 is 1.08 bits per heavy atom. The molecule has 2 aromatic carbocycles. The first-order valence-electron chi connectivity index (χ1n) is 7.86. The van der Waals surface area contributed by atoms with Crippen LogP contribution < -0.4 is 19.6 Å². The maximum absolute atomic E-state index is 12.3. The van der Waals surface area contributed by atoms with Crippen LogP contribution in [-0.4, -0.2) is 31.9 Å². The number of hydrogen-bond acceptors (Lipinski definition) is 5. The number of amides is 1. The Morgan fingerprint density at radius 3 is 2.35 bits per heavy atom. The van der Waals surface area contributed by atoms with Crippen molar-refractivity contribution in [2.24, 2.45) is 5.10 Å². The van der Waals surface area contributed by atoms with Gasteiger partial charge in [-0.1, -0.05) is 11.6 Å². The van der Waals surface area contributed by atoms with Gasteiger partial charge in [0.2, 0.25) is 0 Å². The summed E-state index contributed by atoms with van der Waals surface area (Å²) in [5, 5.41) is 4.57. The van der Waals surface area contributed by atoms with Crippen LogP contribution in [0.3, 0.4) is 0 Å². The van der Waals surface area contributed by atoms with Crippen molar-refractivity contribution in [1.82, 2.24) is 5.43 Å². The molecule has 0 aliphatic carbocycles. The maximum Gasteiger partial charge on any atom is 0.283 e. The van der Waals surface area contributed by atoms with Crippen molar-refractivity contribution < 1.29 is 19.0 Å². The van der Waals surface area contributed by atoms with Gasteiger partial charge in [0.05, 0.1) is 20.4 Å². The van der Waals surface area contributed by atoms with Gasteiger partial charge in [-0.3, -0.25) is 4.79 Å². The van der Waals surface area contributed by atoms with Crippen molar-refractivity contribution in [3.05, 3.63) is 53.1 Å². The summed E-state index contributed by atoms with van der Waals surface area (Å²) in [6.07, 6.45) is 1.51. The minimum Gasteiger partial charge on any atom is -0.493 e. The van der Waals surface area contributed by atoms with Gasteiger partial charge in [0.1, 0.15) is 5.75 Å². The molecule has 0 aliphatic rings. The molecule has 1 amide bonds. The first-order chi connectivity index (χ1) is 12.4. The lowest BCUT2D eigenvalue weighted by Crippen LogP contribution is -2.44.